The predicted octanol–water partition coefficient (Wildman–Crippen LogP) is 3.83. The summed E-state index contributed by atoms with van der Waals surface area (Å²) in [5.41, 5.74) is 1.93. The van der Waals surface area contributed by atoms with Crippen LogP contribution in [0.25, 0.3) is 0 Å². The van der Waals surface area contributed by atoms with E-state index in [4.69, 9.17) is 9.47 Å². The molecule has 0 aromatic heterocycles. The Morgan fingerprint density at radius 1 is 0.781 bits per heavy atom. The Labute approximate surface area is 203 Å². The first-order chi connectivity index (χ1) is 15.7. The molecule has 1 fully saturated rings. The Morgan fingerprint density at radius 2 is 1.22 bits per heavy atom. The molecular weight excluding hydrogens is 519 g/mol. The standard InChI is InChI=1S/C25H31IN2O4/c1-27-14-8-16-31-24(29)22-20(18-10-4-2-5-11-18)23(25(30)32-17-9-15-28-26)21(22)19-12-6-3-7-13-19/h2-7,10-13,20-23,27-28H,8-9,14-17H2,1H3. The van der Waals surface area contributed by atoms with Crippen LogP contribution < -0.4 is 8.85 Å². The van der Waals surface area contributed by atoms with Gasteiger partial charge in [0.2, 0.25) is 0 Å². The number of hydrogen-bond acceptors (Lipinski definition) is 6. The molecule has 2 aromatic rings. The van der Waals surface area contributed by atoms with Gasteiger partial charge in [-0.2, -0.15) is 0 Å². The Bertz CT molecular complexity index is 770. The number of ether oxygens (including phenoxy) is 2. The van der Waals surface area contributed by atoms with E-state index in [-0.39, 0.29) is 23.8 Å². The molecule has 0 spiro atoms. The van der Waals surface area contributed by atoms with Crippen LogP contribution in [0.3, 0.4) is 0 Å². The van der Waals surface area contributed by atoms with E-state index in [1.807, 2.05) is 67.7 Å². The van der Waals surface area contributed by atoms with Crippen molar-refractivity contribution < 1.29 is 19.1 Å². The van der Waals surface area contributed by atoms with Gasteiger partial charge in [-0.15, -0.1) is 0 Å². The molecule has 0 amide bonds. The summed E-state index contributed by atoms with van der Waals surface area (Å²) in [7, 11) is 1.87. The number of esters is 2. The van der Waals surface area contributed by atoms with Gasteiger partial charge in [0.1, 0.15) is 0 Å². The lowest BCUT2D eigenvalue weighted by Gasteiger charge is -2.49. The molecule has 1 aliphatic carbocycles. The predicted molar refractivity (Wildman–Crippen MR) is 132 cm³/mol. The summed E-state index contributed by atoms with van der Waals surface area (Å²) in [4.78, 5) is 26.4. The maximum atomic E-state index is 13.2. The van der Waals surface area contributed by atoms with E-state index in [0.717, 1.165) is 37.1 Å². The normalized spacial score (nSPS) is 22.1. The number of halogens is 1. The summed E-state index contributed by atoms with van der Waals surface area (Å²) in [6, 6.07) is 19.5. The molecular formula is C25H31IN2O4. The highest BCUT2D eigenvalue weighted by Gasteiger charge is 2.59. The minimum atomic E-state index is -0.429. The topological polar surface area (TPSA) is 76.7 Å². The molecule has 7 heteroatoms. The third-order valence-corrected chi connectivity index (χ3v) is 6.48. The Hall–Kier alpha value is -1.97. The molecule has 0 bridgehead atoms. The van der Waals surface area contributed by atoms with Gasteiger partial charge in [0.05, 0.1) is 25.0 Å². The molecule has 0 saturated heterocycles. The summed E-state index contributed by atoms with van der Waals surface area (Å²) in [5.74, 6) is -1.89. The van der Waals surface area contributed by atoms with Crippen molar-refractivity contribution in [2.24, 2.45) is 11.8 Å². The lowest BCUT2D eigenvalue weighted by atomic mass is 9.52. The van der Waals surface area contributed by atoms with Crippen molar-refractivity contribution in [1.82, 2.24) is 8.85 Å². The van der Waals surface area contributed by atoms with Crippen LogP contribution in [0.15, 0.2) is 60.7 Å². The second kappa shape index (κ2) is 12.9. The molecule has 2 unspecified atom stereocenters. The quantitative estimate of drug-likeness (QED) is 0.181. The first-order valence-corrected chi connectivity index (χ1v) is 12.2. The molecule has 3 rings (SSSR count). The monoisotopic (exact) mass is 550 g/mol. The van der Waals surface area contributed by atoms with Crippen molar-refractivity contribution in [3.05, 3.63) is 71.8 Å². The molecule has 0 heterocycles. The number of benzene rings is 2. The average Bonchev–Trinajstić information content (AvgIpc) is 2.80. The van der Waals surface area contributed by atoms with E-state index in [1.54, 1.807) is 0 Å². The van der Waals surface area contributed by atoms with Crippen LogP contribution in [0, 0.1) is 11.8 Å². The van der Waals surface area contributed by atoms with Crippen LogP contribution in [0.5, 0.6) is 0 Å². The highest BCUT2D eigenvalue weighted by Crippen LogP contribution is 2.58. The van der Waals surface area contributed by atoms with Gasteiger partial charge in [-0.1, -0.05) is 60.7 Å². The fourth-order valence-corrected chi connectivity index (χ4v) is 4.82. The number of rotatable bonds is 12. The molecule has 0 radical (unpaired) electrons. The van der Waals surface area contributed by atoms with Gasteiger partial charge in [0.15, 0.2) is 0 Å². The number of carbonyl (C=O) groups is 2. The third-order valence-electron chi connectivity index (χ3n) is 5.94. The lowest BCUT2D eigenvalue weighted by Crippen LogP contribution is -2.52. The van der Waals surface area contributed by atoms with Crippen LogP contribution in [0.1, 0.15) is 35.8 Å². The van der Waals surface area contributed by atoms with Gasteiger partial charge in [-0.25, -0.2) is 0 Å². The molecule has 0 aliphatic heterocycles. The molecule has 2 atom stereocenters. The highest BCUT2D eigenvalue weighted by atomic mass is 127. The second-order valence-corrected chi connectivity index (χ2v) is 8.72. The largest absolute Gasteiger partial charge is 0.465 e. The van der Waals surface area contributed by atoms with Crippen molar-refractivity contribution in [2.75, 3.05) is 33.4 Å². The molecule has 32 heavy (non-hydrogen) atoms. The zero-order chi connectivity index (χ0) is 22.8. The van der Waals surface area contributed by atoms with Gasteiger partial charge >= 0.3 is 11.9 Å². The minimum Gasteiger partial charge on any atom is -0.465 e. The Morgan fingerprint density at radius 3 is 1.62 bits per heavy atom. The zero-order valence-corrected chi connectivity index (χ0v) is 20.5. The maximum absolute atomic E-state index is 13.2. The highest BCUT2D eigenvalue weighted by molar-refractivity contribution is 14.1. The van der Waals surface area contributed by atoms with Gasteiger partial charge in [-0.3, -0.25) is 13.1 Å². The van der Waals surface area contributed by atoms with Crippen molar-refractivity contribution in [3.8, 4) is 0 Å². The van der Waals surface area contributed by atoms with Gasteiger partial charge in [0.25, 0.3) is 0 Å². The van der Waals surface area contributed by atoms with Gasteiger partial charge in [0, 0.05) is 41.2 Å². The fraction of sp³-hybridized carbons (Fsp3) is 0.440. The average molecular weight is 550 g/mol. The minimum absolute atomic E-state index is 0.248. The van der Waals surface area contributed by atoms with Gasteiger partial charge < -0.3 is 14.8 Å². The van der Waals surface area contributed by atoms with E-state index in [0.29, 0.717) is 13.2 Å². The number of nitrogens with one attached hydrogen (secondary N) is 2. The third kappa shape index (κ3) is 6.08. The molecule has 2 aromatic carbocycles. The van der Waals surface area contributed by atoms with E-state index in [1.165, 1.54) is 0 Å². The summed E-state index contributed by atoms with van der Waals surface area (Å²) >= 11 is 2.08. The summed E-state index contributed by atoms with van der Waals surface area (Å²) in [6.45, 7) is 2.26. The zero-order valence-electron chi connectivity index (χ0n) is 18.3. The molecule has 2 N–H and O–H groups in total. The van der Waals surface area contributed by atoms with Crippen molar-refractivity contribution in [1.29, 1.82) is 0 Å². The van der Waals surface area contributed by atoms with Crippen LogP contribution >= 0.6 is 22.9 Å². The number of carbonyl (C=O) groups excluding carboxylic acids is 2. The smallest absolute Gasteiger partial charge is 0.310 e. The van der Waals surface area contributed by atoms with E-state index in [9.17, 15) is 9.59 Å². The molecule has 172 valence electrons. The van der Waals surface area contributed by atoms with E-state index >= 15 is 0 Å². The van der Waals surface area contributed by atoms with Gasteiger partial charge in [-0.05, 0) is 37.6 Å². The van der Waals surface area contributed by atoms with Crippen molar-refractivity contribution in [3.63, 3.8) is 0 Å². The van der Waals surface area contributed by atoms with Crippen LogP contribution in [0.2, 0.25) is 0 Å². The molecule has 6 nitrogen and oxygen atoms in total. The summed E-state index contributed by atoms with van der Waals surface area (Å²) < 4.78 is 14.3. The molecule has 1 aliphatic rings. The second-order valence-electron chi connectivity index (χ2n) is 7.95. The fourth-order valence-electron chi connectivity index (χ4n) is 4.44. The molecule has 1 saturated carbocycles. The van der Waals surface area contributed by atoms with Crippen molar-refractivity contribution >= 4 is 34.8 Å². The van der Waals surface area contributed by atoms with E-state index < -0.39 is 11.8 Å². The first kappa shape index (κ1) is 24.7. The van der Waals surface area contributed by atoms with Crippen LogP contribution in [-0.2, 0) is 19.1 Å². The summed E-state index contributed by atoms with van der Waals surface area (Å²) in [6.07, 6.45) is 1.49. The Kier molecular flexibility index (Phi) is 9.95. The lowest BCUT2D eigenvalue weighted by molar-refractivity contribution is -0.167. The van der Waals surface area contributed by atoms with Crippen LogP contribution in [-0.4, -0.2) is 45.3 Å². The number of hydrogen-bond donors (Lipinski definition) is 2. The Balaban J connectivity index is 1.87. The van der Waals surface area contributed by atoms with Crippen LogP contribution in [0.4, 0.5) is 0 Å². The first-order valence-electron chi connectivity index (χ1n) is 11.1. The SMILES string of the molecule is CNCCCOC(=O)C1C(c2ccccc2)C(C(=O)OCCCNI)C1c1ccccc1. The van der Waals surface area contributed by atoms with E-state index in [2.05, 4.69) is 31.7 Å². The summed E-state index contributed by atoms with van der Waals surface area (Å²) in [5, 5.41) is 3.06. The van der Waals surface area contributed by atoms with Crippen molar-refractivity contribution in [2.45, 2.75) is 24.7 Å². The maximum Gasteiger partial charge on any atom is 0.310 e.